The van der Waals surface area contributed by atoms with Crippen LogP contribution in [0.1, 0.15) is 58.8 Å². The van der Waals surface area contributed by atoms with E-state index in [0.29, 0.717) is 47.4 Å². The van der Waals surface area contributed by atoms with Gasteiger partial charge in [0.05, 0.1) is 63.9 Å². The van der Waals surface area contributed by atoms with E-state index >= 15 is 0 Å². The molecule has 80 heavy (non-hydrogen) atoms. The SMILES string of the molecule is COC(=O)NC(CCSC)C(=O)N1CN(S(C)(=O)=O)CC1c1ncc(-c2ccc(-c3cc4ccc3CCc3ccc(c(-c5ccc(-c6cnc(C7CN(S(C)(=O)=O)CN7C(=O)C(CCSC)NC(=O)OC)[nH]6)cc5)c3)CC4)cc2)[nH]1. The number of nitrogens with zero attached hydrogens (tertiary/aromatic N) is 6. The molecule has 4 aromatic carbocycles. The zero-order chi connectivity index (χ0) is 56.9. The second kappa shape index (κ2) is 25.0. The molecule has 2 fully saturated rings. The fraction of sp³-hybridized carbons (Fsp3) is 0.393. The van der Waals surface area contributed by atoms with E-state index in [1.54, 1.807) is 12.4 Å². The molecule has 4 heterocycles. The molecule has 4 unspecified atom stereocenters. The number of hydrogen-bond acceptors (Lipinski definition) is 14. The Labute approximate surface area is 475 Å². The van der Waals surface area contributed by atoms with E-state index in [4.69, 9.17) is 9.47 Å². The van der Waals surface area contributed by atoms with Gasteiger partial charge in [-0.25, -0.2) is 36.4 Å². The van der Waals surface area contributed by atoms with E-state index in [9.17, 15) is 36.0 Å². The first-order chi connectivity index (χ1) is 38.3. The van der Waals surface area contributed by atoms with Crippen LogP contribution in [0.5, 0.6) is 0 Å². The highest BCUT2D eigenvalue weighted by molar-refractivity contribution is 7.98. The third kappa shape index (κ3) is 13.2. The summed E-state index contributed by atoms with van der Waals surface area (Å²) in [7, 11) is -4.89. The molecule has 12 rings (SSSR count). The summed E-state index contributed by atoms with van der Waals surface area (Å²) in [5, 5.41) is 5.25. The number of hydrogen-bond donors (Lipinski definition) is 4. The van der Waals surface area contributed by atoms with Crippen LogP contribution in [0.15, 0.2) is 97.3 Å². The lowest BCUT2D eigenvalue weighted by Gasteiger charge is -2.27. The van der Waals surface area contributed by atoms with Gasteiger partial charge >= 0.3 is 12.2 Å². The Balaban J connectivity index is 0.896. The average molecular weight is 1170 g/mol. The monoisotopic (exact) mass is 1170 g/mol. The van der Waals surface area contributed by atoms with Gasteiger partial charge in [-0.05, 0) is 118 Å². The molecule has 0 spiro atoms. The van der Waals surface area contributed by atoms with Crippen LogP contribution in [0.2, 0.25) is 0 Å². The van der Waals surface area contributed by atoms with Gasteiger partial charge in [-0.1, -0.05) is 84.9 Å². The van der Waals surface area contributed by atoms with Crippen LogP contribution in [0.4, 0.5) is 9.59 Å². The van der Waals surface area contributed by atoms with Gasteiger partial charge in [0.15, 0.2) is 0 Å². The standard InChI is InChI=1S/C56H66N10O10S4/c1-75-55(69)61-45(23-25-77-3)53(67)65-33-63(79(5,71)72)31-49(65)51-57-29-47(59-51)41-19-15-39(16-20-41)43-27-35-7-11-37(43)13-9-36-8-12-38(14-10-35)44(28-36)40-17-21-42(22-18-40)48-30-58-52(60-48)50-32-64(80(6,73)74)34-66(50)54(68)46(24-26-78-4)62-56(70)76-2/h7-8,11-12,15-22,27-30,45-46,49-50H,9-10,13-14,23-26,31-34H2,1-6H3,(H,57,59)(H,58,60)(H,61,69)(H,62,70). The first-order valence-electron chi connectivity index (χ1n) is 26.1. The third-order valence-corrected chi connectivity index (χ3v) is 18.6. The maximum atomic E-state index is 14.0. The number of carbonyl (C=O) groups is 4. The van der Waals surface area contributed by atoms with Crippen molar-refractivity contribution in [3.63, 3.8) is 0 Å². The molecule has 424 valence electrons. The highest BCUT2D eigenvalue weighted by atomic mass is 32.2. The van der Waals surface area contributed by atoms with Gasteiger partial charge in [0, 0.05) is 13.1 Å². The number of alkyl carbamates (subject to hydrolysis) is 2. The number of aryl methyl sites for hydroxylation is 4. The zero-order valence-electron chi connectivity index (χ0n) is 45.4. The number of carbonyl (C=O) groups excluding carboxylic acids is 4. The van der Waals surface area contributed by atoms with Crippen LogP contribution in [-0.4, -0.2) is 168 Å². The Morgan fingerprint density at radius 2 is 0.963 bits per heavy atom. The highest BCUT2D eigenvalue weighted by Gasteiger charge is 2.44. The summed E-state index contributed by atoms with van der Waals surface area (Å²) in [6.07, 6.45) is 11.8. The summed E-state index contributed by atoms with van der Waals surface area (Å²) in [5.41, 5.74) is 12.5. The van der Waals surface area contributed by atoms with Crippen molar-refractivity contribution >= 4 is 67.6 Å². The number of aromatic amines is 2. The van der Waals surface area contributed by atoms with Gasteiger partial charge in [0.25, 0.3) is 0 Å². The number of sulfonamides is 2. The van der Waals surface area contributed by atoms with Crippen LogP contribution >= 0.6 is 23.5 Å². The van der Waals surface area contributed by atoms with Gasteiger partial charge in [-0.15, -0.1) is 0 Å². The summed E-state index contributed by atoms with van der Waals surface area (Å²) >= 11 is 3.05. The lowest BCUT2D eigenvalue weighted by atomic mass is 9.87. The van der Waals surface area contributed by atoms with Crippen LogP contribution in [0.25, 0.3) is 44.8 Å². The quantitative estimate of drug-likeness (QED) is 0.0688. The van der Waals surface area contributed by atoms with Gasteiger partial charge in [-0.2, -0.15) is 32.1 Å². The van der Waals surface area contributed by atoms with E-state index in [-0.39, 0.29) is 26.4 Å². The van der Waals surface area contributed by atoms with Gasteiger partial charge in [0.1, 0.15) is 35.8 Å². The van der Waals surface area contributed by atoms with Gasteiger partial charge in [0.2, 0.25) is 31.9 Å². The molecule has 4 amide bonds. The molecule has 20 nitrogen and oxygen atoms in total. The molecular weight excluding hydrogens is 1100 g/mol. The zero-order valence-corrected chi connectivity index (χ0v) is 48.7. The predicted molar refractivity (Wildman–Crippen MR) is 310 cm³/mol. The second-order valence-corrected chi connectivity index (χ2v) is 26.1. The van der Waals surface area contributed by atoms with Crippen LogP contribution in [-0.2, 0) is 64.8 Å². The van der Waals surface area contributed by atoms with Crippen LogP contribution in [0.3, 0.4) is 0 Å². The molecule has 4 bridgehead atoms. The second-order valence-electron chi connectivity index (χ2n) is 20.2. The highest BCUT2D eigenvalue weighted by Crippen LogP contribution is 2.36. The third-order valence-electron chi connectivity index (χ3n) is 15.0. The Kier molecular flexibility index (Phi) is 18.1. The maximum Gasteiger partial charge on any atom is 0.407 e. The Morgan fingerprint density at radius 3 is 1.31 bits per heavy atom. The molecule has 0 radical (unpaired) electrons. The van der Waals surface area contributed by atoms with Crippen molar-refractivity contribution in [3.8, 4) is 44.8 Å². The summed E-state index contributed by atoms with van der Waals surface area (Å²) in [6, 6.07) is 26.8. The molecule has 0 saturated carbocycles. The lowest BCUT2D eigenvalue weighted by molar-refractivity contribution is -0.135. The fourth-order valence-corrected chi connectivity index (χ4v) is 12.9. The number of nitrogens with one attached hydrogen (secondary N) is 4. The van der Waals surface area contributed by atoms with Crippen molar-refractivity contribution in [2.75, 3.05) is 77.2 Å². The van der Waals surface area contributed by atoms with Crippen LogP contribution < -0.4 is 10.6 Å². The van der Waals surface area contributed by atoms with E-state index in [0.717, 1.165) is 71.6 Å². The molecule has 2 saturated heterocycles. The van der Waals surface area contributed by atoms with E-state index in [1.807, 2.05) is 36.8 Å². The number of benzene rings is 4. The first-order valence-corrected chi connectivity index (χ1v) is 32.6. The molecular formula is C56H66N10O10S4. The van der Waals surface area contributed by atoms with Crippen molar-refractivity contribution in [1.29, 1.82) is 0 Å². The van der Waals surface area contributed by atoms with E-state index < -0.39 is 68.2 Å². The summed E-state index contributed by atoms with van der Waals surface area (Å²) in [6.45, 7) is -0.362. The molecule has 2 aromatic heterocycles. The molecule has 6 aliphatic rings. The minimum absolute atomic E-state index is 0.00257. The maximum absolute atomic E-state index is 14.0. The number of imidazole rings is 2. The van der Waals surface area contributed by atoms with Gasteiger partial charge < -0.3 is 39.9 Å². The number of aromatic nitrogens is 4. The molecule has 4 N–H and O–H groups in total. The summed E-state index contributed by atoms with van der Waals surface area (Å²) in [4.78, 5) is 71.5. The average Bonchev–Trinajstić information content (AvgIpc) is 4.34. The van der Waals surface area contributed by atoms with Crippen molar-refractivity contribution in [3.05, 3.63) is 131 Å². The molecule has 4 atom stereocenters. The summed E-state index contributed by atoms with van der Waals surface area (Å²) in [5.74, 6) is 1.17. The number of methoxy groups -OCH3 is 2. The first kappa shape index (κ1) is 58.0. The number of rotatable bonds is 18. The Bertz CT molecular complexity index is 3240. The van der Waals surface area contributed by atoms with Crippen molar-refractivity contribution in [2.45, 2.75) is 62.7 Å². The number of H-pyrrole nitrogens is 2. The topological polar surface area (TPSA) is 249 Å². The van der Waals surface area contributed by atoms with Crippen molar-refractivity contribution in [1.82, 2.24) is 49.0 Å². The Morgan fingerprint density at radius 1 is 0.588 bits per heavy atom. The minimum Gasteiger partial charge on any atom is -0.453 e. The lowest BCUT2D eigenvalue weighted by Crippen LogP contribution is -2.49. The number of ether oxygens (including phenoxy) is 2. The molecule has 6 aromatic rings. The smallest absolute Gasteiger partial charge is 0.407 e. The summed E-state index contributed by atoms with van der Waals surface area (Å²) < 4.78 is 63.1. The largest absolute Gasteiger partial charge is 0.453 e. The predicted octanol–water partition coefficient (Wildman–Crippen LogP) is 6.84. The van der Waals surface area contributed by atoms with E-state index in [2.05, 4.69) is 91.2 Å². The van der Waals surface area contributed by atoms with Crippen molar-refractivity contribution in [2.24, 2.45) is 0 Å². The molecule has 24 heteroatoms. The number of amides is 4. The molecule has 4 aliphatic carbocycles. The Hall–Kier alpha value is -6.70. The minimum atomic E-state index is -3.67. The van der Waals surface area contributed by atoms with Crippen molar-refractivity contribution < 1.29 is 45.5 Å². The van der Waals surface area contributed by atoms with E-state index in [1.165, 1.54) is 78.4 Å². The number of thioether (sulfide) groups is 2. The molecule has 2 aliphatic heterocycles. The van der Waals surface area contributed by atoms with Gasteiger partial charge in [-0.3, -0.25) is 9.59 Å². The normalized spacial score (nSPS) is 17.7. The fourth-order valence-electron chi connectivity index (χ4n) is 10.5. The van der Waals surface area contributed by atoms with Crippen LogP contribution in [0, 0.1) is 0 Å².